The highest BCUT2D eigenvalue weighted by Gasteiger charge is 2.20. The van der Waals surface area contributed by atoms with Crippen LogP contribution in [0.25, 0.3) is 22.6 Å². The van der Waals surface area contributed by atoms with Crippen LogP contribution in [0.3, 0.4) is 0 Å². The maximum Gasteiger partial charge on any atom is 0.261 e. The molecule has 1 atom stereocenters. The lowest BCUT2D eigenvalue weighted by Crippen LogP contribution is -2.37. The van der Waals surface area contributed by atoms with Crippen LogP contribution in [0.5, 0.6) is 0 Å². The molecule has 192 valence electrons. The number of anilines is 2. The van der Waals surface area contributed by atoms with Gasteiger partial charge in [0, 0.05) is 30.9 Å². The van der Waals surface area contributed by atoms with Crippen LogP contribution in [0, 0.1) is 6.92 Å². The second-order valence-electron chi connectivity index (χ2n) is 8.04. The van der Waals surface area contributed by atoms with Crippen LogP contribution in [0.4, 0.5) is 11.6 Å². The molecule has 4 heterocycles. The van der Waals surface area contributed by atoms with E-state index in [2.05, 4.69) is 35.1 Å². The molecule has 1 fully saturated rings. The molecule has 1 aliphatic rings. The summed E-state index contributed by atoms with van der Waals surface area (Å²) in [6, 6.07) is 8.76. The van der Waals surface area contributed by atoms with Crippen molar-refractivity contribution >= 4 is 59.2 Å². The van der Waals surface area contributed by atoms with Crippen molar-refractivity contribution in [3.8, 4) is 11.4 Å². The Kier molecular flexibility index (Phi) is 9.15. The van der Waals surface area contributed by atoms with E-state index in [1.165, 1.54) is 0 Å². The number of fused-ring (bicyclic) bond motifs is 1. The summed E-state index contributed by atoms with van der Waals surface area (Å²) < 4.78 is 5.41. The highest BCUT2D eigenvalue weighted by Crippen LogP contribution is 2.27. The largest absolute Gasteiger partial charge is 0.387 e. The Hall–Kier alpha value is -2.89. The first-order chi connectivity index (χ1) is 16.5. The normalized spacial score (nSPS) is 14.1. The van der Waals surface area contributed by atoms with Crippen molar-refractivity contribution in [1.82, 2.24) is 24.9 Å². The number of benzene rings is 1. The van der Waals surface area contributed by atoms with Gasteiger partial charge in [0.1, 0.15) is 16.9 Å². The van der Waals surface area contributed by atoms with E-state index in [1.54, 1.807) is 36.5 Å². The number of rotatable bonds is 6. The van der Waals surface area contributed by atoms with Crippen LogP contribution in [-0.2, 0) is 4.74 Å². The van der Waals surface area contributed by atoms with Gasteiger partial charge in [0.2, 0.25) is 5.95 Å². The molecular weight excluding hydrogens is 529 g/mol. The molecular formula is C23H26Cl3N7O3. The zero-order chi connectivity index (χ0) is 23.7. The second kappa shape index (κ2) is 11.9. The van der Waals surface area contributed by atoms with Gasteiger partial charge in [-0.15, -0.1) is 24.8 Å². The van der Waals surface area contributed by atoms with Crippen LogP contribution in [0.1, 0.15) is 17.4 Å². The van der Waals surface area contributed by atoms with Gasteiger partial charge in [0.15, 0.2) is 5.65 Å². The average molecular weight is 555 g/mol. The minimum atomic E-state index is -0.814. The molecule has 1 aromatic carbocycles. The highest BCUT2D eigenvalue weighted by atomic mass is 35.5. The summed E-state index contributed by atoms with van der Waals surface area (Å²) >= 11 is 6.03. The van der Waals surface area contributed by atoms with E-state index >= 15 is 0 Å². The number of ether oxygens (including phenoxy) is 1. The third-order valence-electron chi connectivity index (χ3n) is 5.73. The number of hydrogen-bond donors (Lipinski definition) is 4. The molecule has 10 nitrogen and oxygen atoms in total. The van der Waals surface area contributed by atoms with Crippen molar-refractivity contribution in [1.29, 1.82) is 0 Å². The minimum Gasteiger partial charge on any atom is -0.387 e. The molecule has 5 rings (SSSR count). The third-order valence-corrected chi connectivity index (χ3v) is 5.97. The SMILES string of the molecule is Cc1nc(N2CCOCC2)nc2nc(-c3c(NC[C@@H](O)c4cccc(Cl)c4)cc[nH]c3=O)[nH]c12.Cl.Cl. The number of aliphatic hydroxyl groups is 1. The van der Waals surface area contributed by atoms with Gasteiger partial charge in [0.25, 0.3) is 5.56 Å². The summed E-state index contributed by atoms with van der Waals surface area (Å²) in [4.78, 5) is 34.6. The minimum absolute atomic E-state index is 0. The Morgan fingerprint density at radius 3 is 2.72 bits per heavy atom. The molecule has 0 amide bonds. The number of hydrogen-bond acceptors (Lipinski definition) is 8. The molecule has 4 aromatic rings. The van der Waals surface area contributed by atoms with Crippen LogP contribution in [0.2, 0.25) is 5.02 Å². The van der Waals surface area contributed by atoms with Crippen molar-refractivity contribution in [3.63, 3.8) is 0 Å². The summed E-state index contributed by atoms with van der Waals surface area (Å²) in [5.74, 6) is 0.962. The Bertz CT molecular complexity index is 1390. The van der Waals surface area contributed by atoms with E-state index in [0.717, 1.165) is 5.69 Å². The van der Waals surface area contributed by atoms with Gasteiger partial charge in [-0.2, -0.15) is 4.98 Å². The van der Waals surface area contributed by atoms with Gasteiger partial charge in [-0.3, -0.25) is 4.79 Å². The number of aliphatic hydroxyl groups excluding tert-OH is 1. The summed E-state index contributed by atoms with van der Waals surface area (Å²) in [6.45, 7) is 4.74. The molecule has 1 aliphatic heterocycles. The van der Waals surface area contributed by atoms with Crippen molar-refractivity contribution < 1.29 is 9.84 Å². The predicted octanol–water partition coefficient (Wildman–Crippen LogP) is 3.50. The van der Waals surface area contributed by atoms with E-state index in [9.17, 15) is 9.90 Å². The zero-order valence-electron chi connectivity index (χ0n) is 19.3. The fraction of sp³-hybridized carbons (Fsp3) is 0.304. The molecule has 0 saturated carbocycles. The standard InChI is InChI=1S/C23H24ClN7O3.2ClH/c1-13-19-21(30-23(27-13)31-7-9-34-10-8-31)29-20(28-19)18-16(5-6-25-22(18)33)26-12-17(32)14-3-2-4-15(24)11-14;;/h2-6,11,17,32H,7-10,12H2,1H3,(H2,25,26,33)(H,27,28,29,30);2*1H/t17-;;/m1../s1. The topological polar surface area (TPSA) is 132 Å². The maximum atomic E-state index is 12.8. The number of nitrogens with one attached hydrogen (secondary N) is 3. The van der Waals surface area contributed by atoms with E-state index in [4.69, 9.17) is 16.3 Å². The van der Waals surface area contributed by atoms with Crippen molar-refractivity contribution in [3.05, 3.63) is 63.2 Å². The lowest BCUT2D eigenvalue weighted by atomic mass is 10.1. The summed E-state index contributed by atoms with van der Waals surface area (Å²) in [5.41, 5.74) is 3.10. The van der Waals surface area contributed by atoms with Crippen LogP contribution >= 0.6 is 36.4 Å². The number of imidazole rings is 1. The van der Waals surface area contributed by atoms with Gasteiger partial charge in [-0.1, -0.05) is 23.7 Å². The number of aromatic amines is 2. The molecule has 4 N–H and O–H groups in total. The first-order valence-corrected chi connectivity index (χ1v) is 11.3. The molecule has 0 unspecified atom stereocenters. The van der Waals surface area contributed by atoms with Gasteiger partial charge >= 0.3 is 0 Å². The molecule has 0 radical (unpaired) electrons. The highest BCUT2D eigenvalue weighted by molar-refractivity contribution is 6.30. The molecule has 3 aromatic heterocycles. The fourth-order valence-corrected chi connectivity index (χ4v) is 4.14. The fourth-order valence-electron chi connectivity index (χ4n) is 3.95. The summed E-state index contributed by atoms with van der Waals surface area (Å²) in [6.07, 6.45) is 0.732. The number of morpholine rings is 1. The van der Waals surface area contributed by atoms with Gasteiger partial charge < -0.3 is 30.0 Å². The van der Waals surface area contributed by atoms with E-state index in [1.807, 2.05) is 6.92 Å². The van der Waals surface area contributed by atoms with Crippen LogP contribution in [-0.4, -0.2) is 62.9 Å². The number of aromatic nitrogens is 5. The Balaban J connectivity index is 0.00000180. The summed E-state index contributed by atoms with van der Waals surface area (Å²) in [7, 11) is 0. The van der Waals surface area contributed by atoms with Gasteiger partial charge in [-0.25, -0.2) is 9.97 Å². The van der Waals surface area contributed by atoms with Crippen LogP contribution < -0.4 is 15.8 Å². The third kappa shape index (κ3) is 5.74. The molecule has 0 spiro atoms. The zero-order valence-corrected chi connectivity index (χ0v) is 21.7. The van der Waals surface area contributed by atoms with E-state index < -0.39 is 6.10 Å². The second-order valence-corrected chi connectivity index (χ2v) is 8.48. The monoisotopic (exact) mass is 553 g/mol. The van der Waals surface area contributed by atoms with Gasteiger partial charge in [0.05, 0.1) is 30.7 Å². The predicted molar refractivity (Wildman–Crippen MR) is 145 cm³/mol. The number of H-pyrrole nitrogens is 2. The Morgan fingerprint density at radius 1 is 1.19 bits per heavy atom. The molecule has 0 aliphatic carbocycles. The number of aryl methyl sites for hydroxylation is 1. The number of halogens is 3. The molecule has 1 saturated heterocycles. The van der Waals surface area contributed by atoms with Crippen molar-refractivity contribution in [2.75, 3.05) is 43.1 Å². The van der Waals surface area contributed by atoms with Gasteiger partial charge in [-0.05, 0) is 30.7 Å². The molecule has 36 heavy (non-hydrogen) atoms. The quantitative estimate of drug-likeness (QED) is 0.285. The first-order valence-electron chi connectivity index (χ1n) is 11.0. The lowest BCUT2D eigenvalue weighted by molar-refractivity contribution is 0.122. The average Bonchev–Trinajstić information content (AvgIpc) is 3.27. The molecule has 13 heteroatoms. The lowest BCUT2D eigenvalue weighted by Gasteiger charge is -2.26. The van der Waals surface area contributed by atoms with Crippen molar-refractivity contribution in [2.45, 2.75) is 13.0 Å². The number of nitrogens with zero attached hydrogens (tertiary/aromatic N) is 4. The van der Waals surface area contributed by atoms with Crippen LogP contribution in [0.15, 0.2) is 41.3 Å². The maximum absolute atomic E-state index is 12.8. The van der Waals surface area contributed by atoms with E-state index in [0.29, 0.717) is 71.1 Å². The number of pyridine rings is 1. The Morgan fingerprint density at radius 2 is 1.97 bits per heavy atom. The van der Waals surface area contributed by atoms with Crippen molar-refractivity contribution in [2.24, 2.45) is 0 Å². The Labute approximate surface area is 224 Å². The van der Waals surface area contributed by atoms with E-state index in [-0.39, 0.29) is 36.9 Å². The first kappa shape index (κ1) is 27.7. The summed E-state index contributed by atoms with van der Waals surface area (Å²) in [5, 5.41) is 14.3. The smallest absolute Gasteiger partial charge is 0.261 e. The molecule has 0 bridgehead atoms.